The molecular weight excluding hydrogens is 240 g/mol. The summed E-state index contributed by atoms with van der Waals surface area (Å²) in [6, 6.07) is 0.613. The fourth-order valence-corrected chi connectivity index (χ4v) is 3.58. The van der Waals surface area contributed by atoms with E-state index >= 15 is 0 Å². The van der Waals surface area contributed by atoms with E-state index in [2.05, 4.69) is 24.1 Å². The Morgan fingerprint density at radius 1 is 1.37 bits per heavy atom. The monoisotopic (exact) mass is 268 g/mol. The number of rotatable bonds is 4. The third-order valence-electron chi connectivity index (χ3n) is 4.92. The number of carboxylic acid groups (broad SMARTS) is 1. The molecule has 0 bridgehead atoms. The van der Waals surface area contributed by atoms with E-state index < -0.39 is 11.5 Å². The van der Waals surface area contributed by atoms with Gasteiger partial charge in [-0.15, -0.1) is 0 Å². The van der Waals surface area contributed by atoms with Crippen molar-refractivity contribution in [1.29, 1.82) is 0 Å². The Bertz CT molecular complexity index is 303. The first-order chi connectivity index (χ1) is 9.03. The minimum Gasteiger partial charge on any atom is -0.480 e. The van der Waals surface area contributed by atoms with Crippen molar-refractivity contribution in [3.63, 3.8) is 0 Å². The van der Waals surface area contributed by atoms with Crippen LogP contribution in [0.25, 0.3) is 0 Å². The Kier molecular flexibility index (Phi) is 4.85. The zero-order chi connectivity index (χ0) is 13.9. The third-order valence-corrected chi connectivity index (χ3v) is 4.92. The molecule has 2 N–H and O–H groups in total. The summed E-state index contributed by atoms with van der Waals surface area (Å²) in [5.74, 6) is -0.0739. The molecular formula is C15H28N2O2. The Morgan fingerprint density at radius 3 is 2.53 bits per heavy atom. The number of aliphatic carboxylic acids is 1. The molecule has 2 aliphatic heterocycles. The number of likely N-dealkylation sites (tertiary alicyclic amines) is 1. The highest BCUT2D eigenvalue weighted by Crippen LogP contribution is 2.32. The lowest BCUT2D eigenvalue weighted by molar-refractivity contribution is -0.147. The van der Waals surface area contributed by atoms with Crippen molar-refractivity contribution >= 4 is 5.97 Å². The highest BCUT2D eigenvalue weighted by atomic mass is 16.4. The molecule has 2 aliphatic rings. The lowest BCUT2D eigenvalue weighted by Gasteiger charge is -2.40. The fourth-order valence-electron chi connectivity index (χ4n) is 3.58. The summed E-state index contributed by atoms with van der Waals surface area (Å²) in [5.41, 5.74) is -0.636. The zero-order valence-electron chi connectivity index (χ0n) is 12.3. The Balaban J connectivity index is 1.90. The number of hydrogen-bond donors (Lipinski definition) is 2. The molecule has 0 amide bonds. The normalized spacial score (nSPS) is 30.7. The predicted octanol–water partition coefficient (Wildman–Crippen LogP) is 2.09. The van der Waals surface area contributed by atoms with Crippen molar-refractivity contribution in [2.45, 2.75) is 64.0 Å². The van der Waals surface area contributed by atoms with Crippen LogP contribution in [0.3, 0.4) is 0 Å². The van der Waals surface area contributed by atoms with Crippen molar-refractivity contribution < 1.29 is 9.90 Å². The zero-order valence-corrected chi connectivity index (χ0v) is 12.3. The minimum absolute atomic E-state index is 0.566. The predicted molar refractivity (Wildman–Crippen MR) is 76.3 cm³/mol. The summed E-state index contributed by atoms with van der Waals surface area (Å²) in [5, 5.41) is 12.9. The van der Waals surface area contributed by atoms with Gasteiger partial charge in [0.05, 0.1) is 0 Å². The van der Waals surface area contributed by atoms with E-state index in [1.165, 1.54) is 0 Å². The second-order valence-electron chi connectivity index (χ2n) is 6.55. The van der Waals surface area contributed by atoms with Gasteiger partial charge in [-0.25, -0.2) is 0 Å². The van der Waals surface area contributed by atoms with Gasteiger partial charge >= 0.3 is 5.97 Å². The van der Waals surface area contributed by atoms with E-state index in [1.807, 2.05) is 0 Å². The molecule has 2 fully saturated rings. The molecule has 0 aromatic heterocycles. The maximum Gasteiger partial charge on any atom is 0.323 e. The molecule has 0 spiro atoms. The van der Waals surface area contributed by atoms with Crippen molar-refractivity contribution in [3.05, 3.63) is 0 Å². The largest absolute Gasteiger partial charge is 0.480 e. The van der Waals surface area contributed by atoms with Crippen molar-refractivity contribution in [3.8, 4) is 0 Å². The summed E-state index contributed by atoms with van der Waals surface area (Å²) >= 11 is 0. The van der Waals surface area contributed by atoms with Gasteiger partial charge in [-0.3, -0.25) is 4.79 Å². The number of nitrogens with one attached hydrogen (secondary N) is 1. The third kappa shape index (κ3) is 3.48. The van der Waals surface area contributed by atoms with Crippen LogP contribution in [0.4, 0.5) is 0 Å². The molecule has 0 aromatic rings. The van der Waals surface area contributed by atoms with Crippen LogP contribution < -0.4 is 5.32 Å². The maximum absolute atomic E-state index is 11.6. The van der Waals surface area contributed by atoms with Crippen molar-refractivity contribution in [1.82, 2.24) is 10.2 Å². The number of hydrogen-bond acceptors (Lipinski definition) is 3. The minimum atomic E-state index is -0.640. The number of piperidine rings is 2. The molecule has 1 unspecified atom stereocenters. The van der Waals surface area contributed by atoms with E-state index in [1.54, 1.807) is 0 Å². The first-order valence-electron chi connectivity index (χ1n) is 7.76. The molecule has 4 nitrogen and oxygen atoms in total. The summed E-state index contributed by atoms with van der Waals surface area (Å²) in [4.78, 5) is 14.1. The van der Waals surface area contributed by atoms with Gasteiger partial charge in [-0.2, -0.15) is 0 Å². The topological polar surface area (TPSA) is 52.6 Å². The van der Waals surface area contributed by atoms with Crippen LogP contribution in [0.5, 0.6) is 0 Å². The quantitative estimate of drug-likeness (QED) is 0.820. The Hall–Kier alpha value is -0.610. The molecule has 0 aromatic carbocycles. The van der Waals surface area contributed by atoms with Gasteiger partial charge in [0.1, 0.15) is 5.54 Å². The smallest absolute Gasteiger partial charge is 0.323 e. The lowest BCUT2D eigenvalue weighted by atomic mass is 9.78. The first kappa shape index (κ1) is 14.8. The van der Waals surface area contributed by atoms with Crippen LogP contribution in [0, 0.1) is 5.92 Å². The highest BCUT2D eigenvalue weighted by molar-refractivity contribution is 5.79. The molecule has 0 saturated carbocycles. The number of carboxylic acids is 1. The van der Waals surface area contributed by atoms with E-state index in [9.17, 15) is 9.90 Å². The Morgan fingerprint density at radius 2 is 2.05 bits per heavy atom. The van der Waals surface area contributed by atoms with Gasteiger partial charge in [0, 0.05) is 6.04 Å². The second-order valence-corrected chi connectivity index (χ2v) is 6.55. The van der Waals surface area contributed by atoms with Gasteiger partial charge < -0.3 is 15.3 Å². The van der Waals surface area contributed by atoms with Gasteiger partial charge in [-0.1, -0.05) is 0 Å². The summed E-state index contributed by atoms with van der Waals surface area (Å²) < 4.78 is 0. The average Bonchev–Trinajstić information content (AvgIpc) is 2.40. The van der Waals surface area contributed by atoms with Crippen LogP contribution in [0.2, 0.25) is 0 Å². The van der Waals surface area contributed by atoms with Gasteiger partial charge in [0.15, 0.2) is 0 Å². The lowest BCUT2D eigenvalue weighted by Crippen LogP contribution is -2.56. The molecule has 110 valence electrons. The van der Waals surface area contributed by atoms with Crippen LogP contribution in [-0.2, 0) is 4.79 Å². The van der Waals surface area contributed by atoms with Crippen LogP contribution in [-0.4, -0.2) is 47.2 Å². The fraction of sp³-hybridized carbons (Fsp3) is 0.933. The van der Waals surface area contributed by atoms with Crippen molar-refractivity contribution in [2.75, 3.05) is 19.6 Å². The van der Waals surface area contributed by atoms with E-state index in [0.717, 1.165) is 58.2 Å². The molecule has 2 heterocycles. The number of carbonyl (C=O) groups is 1. The summed E-state index contributed by atoms with van der Waals surface area (Å²) in [6.45, 7) is 7.58. The van der Waals surface area contributed by atoms with Crippen molar-refractivity contribution in [2.24, 2.45) is 5.92 Å². The Labute approximate surface area is 116 Å². The van der Waals surface area contributed by atoms with Gasteiger partial charge in [0.2, 0.25) is 0 Å². The van der Waals surface area contributed by atoms with Crippen LogP contribution in [0.15, 0.2) is 0 Å². The molecule has 2 rings (SSSR count). The SMILES string of the molecule is CC(C)N1CCC(CC2(C(=O)O)CCCCN2)CC1. The molecule has 4 heteroatoms. The molecule has 2 saturated heterocycles. The molecule has 1 atom stereocenters. The van der Waals surface area contributed by atoms with E-state index in [-0.39, 0.29) is 0 Å². The van der Waals surface area contributed by atoms with Gasteiger partial charge in [-0.05, 0) is 77.9 Å². The molecule has 0 aliphatic carbocycles. The molecule has 19 heavy (non-hydrogen) atoms. The summed E-state index contributed by atoms with van der Waals surface area (Å²) in [6.07, 6.45) is 6.07. The molecule has 0 radical (unpaired) electrons. The van der Waals surface area contributed by atoms with E-state index in [4.69, 9.17) is 0 Å². The van der Waals surface area contributed by atoms with Crippen LogP contribution in [0.1, 0.15) is 52.4 Å². The summed E-state index contributed by atoms with van der Waals surface area (Å²) in [7, 11) is 0. The second kappa shape index (κ2) is 6.23. The van der Waals surface area contributed by atoms with Crippen LogP contribution >= 0.6 is 0 Å². The first-order valence-corrected chi connectivity index (χ1v) is 7.76. The highest BCUT2D eigenvalue weighted by Gasteiger charge is 2.41. The standard InChI is InChI=1S/C15H28N2O2/c1-12(2)17-9-5-13(6-10-17)11-15(14(18)19)7-3-4-8-16-15/h12-13,16H,3-11H2,1-2H3,(H,18,19). The average molecular weight is 268 g/mol. The maximum atomic E-state index is 11.6. The number of nitrogens with zero attached hydrogens (tertiary/aromatic N) is 1. The van der Waals surface area contributed by atoms with E-state index in [0.29, 0.717) is 12.0 Å². The van der Waals surface area contributed by atoms with Gasteiger partial charge in [0.25, 0.3) is 0 Å².